The molecule has 0 saturated carbocycles. The van der Waals surface area contributed by atoms with E-state index in [1.54, 1.807) is 20.4 Å². The lowest BCUT2D eigenvalue weighted by atomic mass is 9.79. The average Bonchev–Trinajstić information content (AvgIpc) is 3.00. The molecule has 0 bridgehead atoms. The summed E-state index contributed by atoms with van der Waals surface area (Å²) in [6.07, 6.45) is 3.93. The fraction of sp³-hybridized carbons (Fsp3) is 0.444. The van der Waals surface area contributed by atoms with Crippen LogP contribution in [0.15, 0.2) is 24.4 Å². The summed E-state index contributed by atoms with van der Waals surface area (Å²) in [5.41, 5.74) is 1.16. The number of carbonyl (C=O) groups excluding carboxylic acids is 1. The van der Waals surface area contributed by atoms with E-state index in [2.05, 4.69) is 10.4 Å². The maximum absolute atomic E-state index is 12.5. The Morgan fingerprint density at radius 1 is 1.40 bits per heavy atom. The first-order valence-electron chi connectivity index (χ1n) is 8.22. The van der Waals surface area contributed by atoms with Crippen LogP contribution < -0.4 is 14.8 Å². The van der Waals surface area contributed by atoms with E-state index in [0.29, 0.717) is 12.0 Å². The third-order valence-electron chi connectivity index (χ3n) is 4.62. The lowest BCUT2D eigenvalue weighted by molar-refractivity contribution is 0.0188. The molecular weight excluding hydrogens is 322 g/mol. The summed E-state index contributed by atoms with van der Waals surface area (Å²) >= 11 is 0. The van der Waals surface area contributed by atoms with Gasteiger partial charge >= 0.3 is 0 Å². The number of carbonyl (C=O) groups is 1. The summed E-state index contributed by atoms with van der Waals surface area (Å²) in [7, 11) is 4.81. The number of hydrogen-bond donors (Lipinski definition) is 2. The van der Waals surface area contributed by atoms with E-state index in [1.807, 2.05) is 18.2 Å². The van der Waals surface area contributed by atoms with E-state index in [9.17, 15) is 9.90 Å². The van der Waals surface area contributed by atoms with Crippen LogP contribution in [0.2, 0.25) is 0 Å². The van der Waals surface area contributed by atoms with E-state index < -0.39 is 5.60 Å². The zero-order valence-electron chi connectivity index (χ0n) is 14.7. The summed E-state index contributed by atoms with van der Waals surface area (Å²) in [6.45, 7) is 0.128. The molecular formula is C18H23N3O4. The molecule has 0 spiro atoms. The largest absolute Gasteiger partial charge is 0.497 e. The second-order valence-corrected chi connectivity index (χ2v) is 6.32. The Morgan fingerprint density at radius 2 is 2.20 bits per heavy atom. The number of amides is 1. The molecule has 1 aromatic carbocycles. The van der Waals surface area contributed by atoms with Crippen molar-refractivity contribution in [3.63, 3.8) is 0 Å². The van der Waals surface area contributed by atoms with Crippen molar-refractivity contribution < 1.29 is 19.4 Å². The molecule has 0 radical (unpaired) electrons. The molecule has 1 aromatic heterocycles. The average molecular weight is 345 g/mol. The van der Waals surface area contributed by atoms with Crippen molar-refractivity contribution in [1.82, 2.24) is 15.1 Å². The van der Waals surface area contributed by atoms with E-state index in [-0.39, 0.29) is 18.3 Å². The van der Waals surface area contributed by atoms with Crippen LogP contribution in [0.5, 0.6) is 11.6 Å². The van der Waals surface area contributed by atoms with Crippen LogP contribution in [0.25, 0.3) is 0 Å². The number of aryl methyl sites for hydroxylation is 2. The molecule has 0 aliphatic heterocycles. The van der Waals surface area contributed by atoms with Gasteiger partial charge in [-0.05, 0) is 42.5 Å². The Balaban J connectivity index is 1.78. The lowest BCUT2D eigenvalue weighted by Crippen LogP contribution is -2.43. The zero-order valence-corrected chi connectivity index (χ0v) is 14.7. The van der Waals surface area contributed by atoms with Gasteiger partial charge in [-0.3, -0.25) is 9.48 Å². The molecule has 0 unspecified atom stereocenters. The van der Waals surface area contributed by atoms with Gasteiger partial charge in [-0.25, -0.2) is 0 Å². The molecule has 7 nitrogen and oxygen atoms in total. The van der Waals surface area contributed by atoms with Crippen LogP contribution in [0, 0.1) is 0 Å². The highest BCUT2D eigenvalue weighted by Gasteiger charge is 2.35. The van der Waals surface area contributed by atoms with Gasteiger partial charge in [0.05, 0.1) is 20.8 Å². The predicted octanol–water partition coefficient (Wildman–Crippen LogP) is 1.39. The third kappa shape index (κ3) is 3.32. The highest BCUT2D eigenvalue weighted by atomic mass is 16.5. The summed E-state index contributed by atoms with van der Waals surface area (Å²) < 4.78 is 11.9. The van der Waals surface area contributed by atoms with Crippen molar-refractivity contribution in [3.05, 3.63) is 41.1 Å². The van der Waals surface area contributed by atoms with Crippen LogP contribution in [0.1, 0.15) is 34.3 Å². The van der Waals surface area contributed by atoms with Crippen molar-refractivity contribution in [3.8, 4) is 11.6 Å². The molecule has 7 heteroatoms. The van der Waals surface area contributed by atoms with Crippen molar-refractivity contribution in [2.75, 3.05) is 20.8 Å². The summed E-state index contributed by atoms with van der Waals surface area (Å²) in [6, 6.07) is 5.66. The monoisotopic (exact) mass is 345 g/mol. The number of benzene rings is 1. The van der Waals surface area contributed by atoms with Crippen LogP contribution in [0.4, 0.5) is 0 Å². The molecule has 1 heterocycles. The molecule has 25 heavy (non-hydrogen) atoms. The summed E-state index contributed by atoms with van der Waals surface area (Å²) in [5.74, 6) is 0.715. The predicted molar refractivity (Wildman–Crippen MR) is 91.9 cm³/mol. The molecule has 0 fully saturated rings. The first-order chi connectivity index (χ1) is 12.0. The second kappa shape index (κ2) is 6.76. The van der Waals surface area contributed by atoms with Crippen LogP contribution in [0.3, 0.4) is 0 Å². The SMILES string of the molecule is COc1ccc2c(c1)CCC[C@]2(O)CNC(=O)c1cn(C)nc1OC. The van der Waals surface area contributed by atoms with Crippen molar-refractivity contribution in [2.45, 2.75) is 24.9 Å². The number of aliphatic hydroxyl groups is 1. The van der Waals surface area contributed by atoms with Gasteiger partial charge in [0.2, 0.25) is 5.88 Å². The quantitative estimate of drug-likeness (QED) is 0.855. The Labute approximate surface area is 146 Å². The van der Waals surface area contributed by atoms with E-state index in [0.717, 1.165) is 29.7 Å². The zero-order chi connectivity index (χ0) is 18.0. The molecule has 1 aliphatic rings. The first kappa shape index (κ1) is 17.3. The van der Waals surface area contributed by atoms with Gasteiger partial charge in [0.1, 0.15) is 16.9 Å². The Bertz CT molecular complexity index is 787. The molecule has 0 saturated heterocycles. The van der Waals surface area contributed by atoms with Crippen LogP contribution in [-0.2, 0) is 19.1 Å². The summed E-state index contributed by atoms with van der Waals surface area (Å²) in [4.78, 5) is 12.5. The standard InChI is InChI=1S/C18H23N3O4/c1-21-10-14(17(20-21)25-3)16(22)19-11-18(23)8-4-5-12-9-13(24-2)6-7-15(12)18/h6-7,9-10,23H,4-5,8,11H2,1-3H3,(H,19,22)/t18-/m0/s1. The van der Waals surface area contributed by atoms with Gasteiger partial charge in [-0.1, -0.05) is 6.07 Å². The van der Waals surface area contributed by atoms with Gasteiger partial charge in [0.15, 0.2) is 0 Å². The Kier molecular flexibility index (Phi) is 4.67. The van der Waals surface area contributed by atoms with Crippen LogP contribution >= 0.6 is 0 Å². The Morgan fingerprint density at radius 3 is 2.92 bits per heavy atom. The molecule has 3 rings (SSSR count). The third-order valence-corrected chi connectivity index (χ3v) is 4.62. The first-order valence-corrected chi connectivity index (χ1v) is 8.22. The molecule has 1 amide bonds. The maximum Gasteiger partial charge on any atom is 0.258 e. The summed E-state index contributed by atoms with van der Waals surface area (Å²) in [5, 5.41) is 18.0. The minimum absolute atomic E-state index is 0.128. The van der Waals surface area contributed by atoms with Crippen molar-refractivity contribution in [2.24, 2.45) is 7.05 Å². The van der Waals surface area contributed by atoms with E-state index in [1.165, 1.54) is 11.8 Å². The number of ether oxygens (including phenoxy) is 2. The molecule has 1 aliphatic carbocycles. The second-order valence-electron chi connectivity index (χ2n) is 6.32. The maximum atomic E-state index is 12.5. The molecule has 2 N–H and O–H groups in total. The normalized spacial score (nSPS) is 19.2. The van der Waals surface area contributed by atoms with Crippen molar-refractivity contribution >= 4 is 5.91 Å². The smallest absolute Gasteiger partial charge is 0.258 e. The fourth-order valence-corrected chi connectivity index (χ4v) is 3.34. The lowest BCUT2D eigenvalue weighted by Gasteiger charge is -2.34. The van der Waals surface area contributed by atoms with Gasteiger partial charge in [0, 0.05) is 13.2 Å². The number of hydrogen-bond acceptors (Lipinski definition) is 5. The van der Waals surface area contributed by atoms with Gasteiger partial charge in [-0.2, -0.15) is 0 Å². The fourth-order valence-electron chi connectivity index (χ4n) is 3.34. The Hall–Kier alpha value is -2.54. The van der Waals surface area contributed by atoms with Crippen LogP contribution in [-0.4, -0.2) is 41.6 Å². The number of fused-ring (bicyclic) bond motifs is 1. The highest BCUT2D eigenvalue weighted by molar-refractivity contribution is 5.96. The van der Waals surface area contributed by atoms with E-state index >= 15 is 0 Å². The van der Waals surface area contributed by atoms with Gasteiger partial charge in [0.25, 0.3) is 5.91 Å². The number of nitrogens with one attached hydrogen (secondary N) is 1. The molecule has 2 aromatic rings. The number of rotatable bonds is 5. The number of aromatic nitrogens is 2. The minimum atomic E-state index is -1.09. The van der Waals surface area contributed by atoms with Gasteiger partial charge < -0.3 is 19.9 Å². The topological polar surface area (TPSA) is 85.6 Å². The van der Waals surface area contributed by atoms with Gasteiger partial charge in [-0.15, -0.1) is 5.10 Å². The molecule has 134 valence electrons. The number of nitrogens with zero attached hydrogens (tertiary/aromatic N) is 2. The van der Waals surface area contributed by atoms with E-state index in [4.69, 9.17) is 9.47 Å². The minimum Gasteiger partial charge on any atom is -0.497 e. The van der Waals surface area contributed by atoms with Crippen molar-refractivity contribution in [1.29, 1.82) is 0 Å². The molecule has 1 atom stereocenters. The number of methoxy groups -OCH3 is 2. The highest BCUT2D eigenvalue weighted by Crippen LogP contribution is 2.36.